The Morgan fingerprint density at radius 2 is 1.80 bits per heavy atom. The first kappa shape index (κ1) is 17.7. The quantitative estimate of drug-likeness (QED) is 0.907. The summed E-state index contributed by atoms with van der Waals surface area (Å²) >= 11 is 0. The van der Waals surface area contributed by atoms with Gasteiger partial charge in [-0.25, -0.2) is 13.4 Å². The molecule has 1 aliphatic rings. The number of anilines is 2. The molecule has 3 rings (SSSR count). The fraction of sp³-hybridized carbons (Fsp3) is 0.389. The topological polar surface area (TPSA) is 79.5 Å². The highest BCUT2D eigenvalue weighted by molar-refractivity contribution is 7.89. The zero-order chi connectivity index (χ0) is 18.2. The second kappa shape index (κ2) is 6.65. The van der Waals surface area contributed by atoms with E-state index in [1.807, 2.05) is 13.8 Å². The lowest BCUT2D eigenvalue weighted by molar-refractivity contribution is 0.342. The van der Waals surface area contributed by atoms with Crippen LogP contribution in [0.3, 0.4) is 0 Å². The normalized spacial score (nSPS) is 19.2. The summed E-state index contributed by atoms with van der Waals surface area (Å²) in [5.41, 5.74) is 8.92. The lowest BCUT2D eigenvalue weighted by Crippen LogP contribution is -2.53. The lowest BCUT2D eigenvalue weighted by atomic mass is 10.1. The van der Waals surface area contributed by atoms with E-state index in [0.29, 0.717) is 19.6 Å². The number of nitrogen functional groups attached to an aromatic ring is 1. The Hall–Kier alpha value is -2.12. The van der Waals surface area contributed by atoms with Crippen LogP contribution in [-0.4, -0.2) is 43.4 Å². The molecule has 1 aromatic carbocycles. The maximum Gasteiger partial charge on any atom is 0.246 e. The number of nitrogens with zero attached hydrogens (tertiary/aromatic N) is 3. The summed E-state index contributed by atoms with van der Waals surface area (Å²) < 4.78 is 27.5. The van der Waals surface area contributed by atoms with Crippen molar-refractivity contribution in [2.45, 2.75) is 31.7 Å². The average molecular weight is 360 g/mol. The molecule has 0 spiro atoms. The Labute approximate surface area is 149 Å². The average Bonchev–Trinajstić information content (AvgIpc) is 2.58. The van der Waals surface area contributed by atoms with Crippen LogP contribution in [0.15, 0.2) is 41.4 Å². The van der Waals surface area contributed by atoms with E-state index in [1.54, 1.807) is 12.3 Å². The van der Waals surface area contributed by atoms with E-state index in [4.69, 9.17) is 5.73 Å². The summed E-state index contributed by atoms with van der Waals surface area (Å²) in [7, 11) is -3.64. The predicted octanol–water partition coefficient (Wildman–Crippen LogP) is 2.18. The Balaban J connectivity index is 1.82. The number of benzene rings is 1. The number of nitrogens with two attached hydrogens (primary N) is 1. The van der Waals surface area contributed by atoms with Crippen molar-refractivity contribution in [3.05, 3.63) is 47.7 Å². The summed E-state index contributed by atoms with van der Waals surface area (Å²) in [6, 6.07) is 9.98. The standard InChI is InChI=1S/C18H24N4O2S/c1-13-4-6-16(7-5-13)22-9-8-21(12-15(22)3)25(23,24)17-10-14(2)11-20-18(17)19/h4-7,10-11,15H,8-9,12H2,1-3H3,(H2,19,20). The predicted molar refractivity (Wildman–Crippen MR) is 100 cm³/mol. The largest absolute Gasteiger partial charge is 0.383 e. The molecule has 1 atom stereocenters. The SMILES string of the molecule is Cc1ccc(N2CCN(S(=O)(=O)c3cc(C)cnc3N)CC2C)cc1. The van der Waals surface area contributed by atoms with Crippen LogP contribution in [0.25, 0.3) is 0 Å². The van der Waals surface area contributed by atoms with Crippen molar-refractivity contribution >= 4 is 21.5 Å². The Kier molecular flexibility index (Phi) is 4.71. The van der Waals surface area contributed by atoms with Crippen molar-refractivity contribution < 1.29 is 8.42 Å². The molecule has 0 aliphatic carbocycles. The maximum atomic E-state index is 13.0. The van der Waals surface area contributed by atoms with Gasteiger partial charge in [0.2, 0.25) is 10.0 Å². The molecule has 0 amide bonds. The van der Waals surface area contributed by atoms with Gasteiger partial charge in [0.25, 0.3) is 0 Å². The number of sulfonamides is 1. The van der Waals surface area contributed by atoms with E-state index in [2.05, 4.69) is 41.1 Å². The van der Waals surface area contributed by atoms with E-state index in [-0.39, 0.29) is 16.8 Å². The molecule has 0 radical (unpaired) electrons. The number of aromatic nitrogens is 1. The van der Waals surface area contributed by atoms with Crippen LogP contribution >= 0.6 is 0 Å². The van der Waals surface area contributed by atoms with Crippen molar-refractivity contribution in [3.8, 4) is 0 Å². The summed E-state index contributed by atoms with van der Waals surface area (Å²) in [6.45, 7) is 7.39. The molecule has 0 saturated carbocycles. The molecule has 1 aliphatic heterocycles. The third-order valence-corrected chi connectivity index (χ3v) is 6.49. The molecule has 2 aromatic rings. The van der Waals surface area contributed by atoms with Gasteiger partial charge in [0, 0.05) is 37.6 Å². The third kappa shape index (κ3) is 3.48. The third-order valence-electron chi connectivity index (χ3n) is 4.59. The minimum absolute atomic E-state index is 0.0548. The van der Waals surface area contributed by atoms with Crippen LogP contribution in [0, 0.1) is 13.8 Å². The second-order valence-electron chi connectivity index (χ2n) is 6.64. The van der Waals surface area contributed by atoms with Gasteiger partial charge in [0.05, 0.1) is 0 Å². The van der Waals surface area contributed by atoms with Crippen LogP contribution < -0.4 is 10.6 Å². The van der Waals surface area contributed by atoms with E-state index in [0.717, 1.165) is 11.3 Å². The van der Waals surface area contributed by atoms with Crippen molar-refractivity contribution in [2.24, 2.45) is 0 Å². The van der Waals surface area contributed by atoms with E-state index in [1.165, 1.54) is 9.87 Å². The first-order valence-corrected chi connectivity index (χ1v) is 9.78. The summed E-state index contributed by atoms with van der Waals surface area (Å²) in [5.74, 6) is 0.0548. The Morgan fingerprint density at radius 3 is 2.44 bits per heavy atom. The van der Waals surface area contributed by atoms with Crippen molar-refractivity contribution in [2.75, 3.05) is 30.3 Å². The van der Waals surface area contributed by atoms with Crippen molar-refractivity contribution in [3.63, 3.8) is 0 Å². The number of piperazine rings is 1. The van der Waals surface area contributed by atoms with Gasteiger partial charge in [0.15, 0.2) is 0 Å². The van der Waals surface area contributed by atoms with Gasteiger partial charge < -0.3 is 10.6 Å². The van der Waals surface area contributed by atoms with Gasteiger partial charge in [-0.15, -0.1) is 0 Å². The highest BCUT2D eigenvalue weighted by atomic mass is 32.2. The van der Waals surface area contributed by atoms with Crippen LogP contribution in [0.5, 0.6) is 0 Å². The summed E-state index contributed by atoms with van der Waals surface area (Å²) in [6.07, 6.45) is 1.58. The smallest absolute Gasteiger partial charge is 0.246 e. The highest BCUT2D eigenvalue weighted by Crippen LogP contribution is 2.26. The molecule has 25 heavy (non-hydrogen) atoms. The van der Waals surface area contributed by atoms with Crippen LogP contribution in [0.2, 0.25) is 0 Å². The number of hydrogen-bond donors (Lipinski definition) is 1. The monoisotopic (exact) mass is 360 g/mol. The van der Waals surface area contributed by atoms with Crippen molar-refractivity contribution in [1.82, 2.24) is 9.29 Å². The first-order chi connectivity index (χ1) is 11.8. The molecule has 1 aromatic heterocycles. The van der Waals surface area contributed by atoms with Gasteiger partial charge in [0.1, 0.15) is 10.7 Å². The fourth-order valence-electron chi connectivity index (χ4n) is 3.16. The van der Waals surface area contributed by atoms with Gasteiger partial charge in [-0.3, -0.25) is 0 Å². The Bertz CT molecular complexity index is 865. The van der Waals surface area contributed by atoms with Crippen LogP contribution in [0.4, 0.5) is 11.5 Å². The van der Waals surface area contributed by atoms with Crippen molar-refractivity contribution in [1.29, 1.82) is 0 Å². The fourth-order valence-corrected chi connectivity index (χ4v) is 4.82. The zero-order valence-corrected chi connectivity index (χ0v) is 15.6. The van der Waals surface area contributed by atoms with E-state index in [9.17, 15) is 8.42 Å². The zero-order valence-electron chi connectivity index (χ0n) is 14.8. The van der Waals surface area contributed by atoms with E-state index >= 15 is 0 Å². The lowest BCUT2D eigenvalue weighted by Gasteiger charge is -2.40. The van der Waals surface area contributed by atoms with Crippen LogP contribution in [-0.2, 0) is 10.0 Å². The molecule has 7 heteroatoms. The molecule has 2 N–H and O–H groups in total. The van der Waals surface area contributed by atoms with Gasteiger partial charge in [-0.1, -0.05) is 17.7 Å². The molecule has 1 saturated heterocycles. The molecule has 1 fully saturated rings. The van der Waals surface area contributed by atoms with Gasteiger partial charge in [-0.2, -0.15) is 4.31 Å². The first-order valence-electron chi connectivity index (χ1n) is 8.34. The minimum atomic E-state index is -3.64. The molecule has 134 valence electrons. The molecule has 2 heterocycles. The molecular weight excluding hydrogens is 336 g/mol. The number of rotatable bonds is 3. The number of pyridine rings is 1. The summed E-state index contributed by atoms with van der Waals surface area (Å²) in [4.78, 5) is 6.33. The van der Waals surface area contributed by atoms with E-state index < -0.39 is 10.0 Å². The molecule has 0 bridgehead atoms. The highest BCUT2D eigenvalue weighted by Gasteiger charge is 2.33. The van der Waals surface area contributed by atoms with Gasteiger partial charge in [-0.05, 0) is 44.5 Å². The summed E-state index contributed by atoms with van der Waals surface area (Å²) in [5, 5.41) is 0. The molecule has 6 nitrogen and oxygen atoms in total. The molecular formula is C18H24N4O2S. The number of hydrogen-bond acceptors (Lipinski definition) is 5. The number of aryl methyl sites for hydroxylation is 2. The minimum Gasteiger partial charge on any atom is -0.383 e. The van der Waals surface area contributed by atoms with Crippen LogP contribution in [0.1, 0.15) is 18.1 Å². The van der Waals surface area contributed by atoms with Gasteiger partial charge >= 0.3 is 0 Å². The Morgan fingerprint density at radius 1 is 1.12 bits per heavy atom. The molecule has 1 unspecified atom stereocenters. The second-order valence-corrected chi connectivity index (χ2v) is 8.54. The maximum absolute atomic E-state index is 13.0.